The van der Waals surface area contributed by atoms with Crippen LogP contribution in [0.4, 0.5) is 10.1 Å². The number of aromatic nitrogens is 1. The number of β-amino-alcohol motifs (C(OH)–C–C–N with tert-alkyl or cyclic N) is 1. The van der Waals surface area contributed by atoms with Crippen molar-refractivity contribution in [2.24, 2.45) is 0 Å². The lowest BCUT2D eigenvalue weighted by Crippen LogP contribution is -2.48. The Morgan fingerprint density at radius 3 is 2.83 bits per heavy atom. The topological polar surface area (TPSA) is 91.1 Å². The Morgan fingerprint density at radius 1 is 1.34 bits per heavy atom. The van der Waals surface area contributed by atoms with Gasteiger partial charge in [0.25, 0.3) is 5.91 Å². The van der Waals surface area contributed by atoms with E-state index < -0.39 is 17.8 Å². The van der Waals surface area contributed by atoms with Crippen LogP contribution in [0.2, 0.25) is 0 Å². The molecule has 3 rings (SSSR count). The van der Waals surface area contributed by atoms with E-state index in [9.17, 15) is 14.3 Å². The smallest absolute Gasteiger partial charge is 0.277 e. The van der Waals surface area contributed by atoms with E-state index in [0.29, 0.717) is 37.9 Å². The van der Waals surface area contributed by atoms with Gasteiger partial charge in [-0.1, -0.05) is 6.07 Å². The van der Waals surface area contributed by atoms with Gasteiger partial charge in [0.1, 0.15) is 12.1 Å². The van der Waals surface area contributed by atoms with Gasteiger partial charge >= 0.3 is 0 Å². The van der Waals surface area contributed by atoms with E-state index in [1.165, 1.54) is 24.5 Å². The Kier molecular flexibility index (Phi) is 7.70. The van der Waals surface area contributed by atoms with E-state index in [4.69, 9.17) is 9.15 Å². The van der Waals surface area contributed by atoms with Crippen LogP contribution in [0.1, 0.15) is 23.3 Å². The normalized spacial score (nSPS) is 16.7. The Labute approximate surface area is 169 Å². The summed E-state index contributed by atoms with van der Waals surface area (Å²) in [5.74, 6) is -0.411. The molecule has 2 N–H and O–H groups in total. The number of nitrogens with one attached hydrogen (secondary N) is 1. The number of anilines is 1. The number of aliphatic hydroxyl groups is 1. The Hall–Kier alpha value is -2.33. The number of benzene rings is 1. The van der Waals surface area contributed by atoms with Crippen LogP contribution >= 0.6 is 0 Å². The predicted molar refractivity (Wildman–Crippen MR) is 105 cm³/mol. The van der Waals surface area contributed by atoms with Crippen molar-refractivity contribution in [2.45, 2.75) is 19.6 Å². The number of ether oxygens (including phenoxy) is 1. The van der Waals surface area contributed by atoms with Crippen LogP contribution in [-0.2, 0) is 11.3 Å². The summed E-state index contributed by atoms with van der Waals surface area (Å²) in [5, 5.41) is 12.5. The van der Waals surface area contributed by atoms with Crippen LogP contribution in [0.5, 0.6) is 0 Å². The SMILES string of the molecule is CCOC[C@@H](O)CN1CCN(Cc2nc(C(=O)Nc3cccc(F)c3)co2)CC1. The number of amides is 1. The molecule has 8 nitrogen and oxygen atoms in total. The summed E-state index contributed by atoms with van der Waals surface area (Å²) < 4.78 is 23.9. The second-order valence-electron chi connectivity index (χ2n) is 6.98. The molecule has 1 aromatic carbocycles. The highest BCUT2D eigenvalue weighted by atomic mass is 19.1. The van der Waals surface area contributed by atoms with Gasteiger partial charge in [-0.3, -0.25) is 14.6 Å². The van der Waals surface area contributed by atoms with Crippen molar-refractivity contribution < 1.29 is 23.4 Å². The highest BCUT2D eigenvalue weighted by Gasteiger charge is 2.21. The third-order valence-electron chi connectivity index (χ3n) is 4.67. The molecule has 2 aromatic rings. The third kappa shape index (κ3) is 6.60. The van der Waals surface area contributed by atoms with E-state index in [-0.39, 0.29) is 5.69 Å². The van der Waals surface area contributed by atoms with E-state index in [1.807, 2.05) is 6.92 Å². The van der Waals surface area contributed by atoms with Gasteiger partial charge < -0.3 is 19.6 Å². The molecular weight excluding hydrogens is 379 g/mol. The molecule has 29 heavy (non-hydrogen) atoms. The monoisotopic (exact) mass is 406 g/mol. The first-order chi connectivity index (χ1) is 14.0. The summed E-state index contributed by atoms with van der Waals surface area (Å²) in [6, 6.07) is 5.68. The summed E-state index contributed by atoms with van der Waals surface area (Å²) in [4.78, 5) is 20.9. The third-order valence-corrected chi connectivity index (χ3v) is 4.67. The van der Waals surface area contributed by atoms with Gasteiger partial charge in [0, 0.05) is 45.0 Å². The molecule has 1 aliphatic rings. The van der Waals surface area contributed by atoms with Gasteiger partial charge in [-0.15, -0.1) is 0 Å². The van der Waals surface area contributed by atoms with Gasteiger partial charge in [-0.25, -0.2) is 9.37 Å². The van der Waals surface area contributed by atoms with Gasteiger partial charge in [0.15, 0.2) is 5.69 Å². The fourth-order valence-electron chi connectivity index (χ4n) is 3.18. The van der Waals surface area contributed by atoms with Crippen LogP contribution in [0, 0.1) is 5.82 Å². The molecule has 1 atom stereocenters. The summed E-state index contributed by atoms with van der Waals surface area (Å²) >= 11 is 0. The maximum absolute atomic E-state index is 13.2. The van der Waals surface area contributed by atoms with Gasteiger partial charge in [0.05, 0.1) is 19.3 Å². The number of oxazole rings is 1. The second-order valence-corrected chi connectivity index (χ2v) is 6.98. The summed E-state index contributed by atoms with van der Waals surface area (Å²) in [7, 11) is 0. The predicted octanol–water partition coefficient (Wildman–Crippen LogP) is 1.58. The number of nitrogens with zero attached hydrogens (tertiary/aromatic N) is 3. The molecule has 0 unspecified atom stereocenters. The van der Waals surface area contributed by atoms with Crippen LogP contribution in [0.25, 0.3) is 0 Å². The first kappa shape index (κ1) is 21.4. The fraction of sp³-hybridized carbons (Fsp3) is 0.500. The average Bonchev–Trinajstić information content (AvgIpc) is 3.16. The minimum Gasteiger partial charge on any atom is -0.447 e. The molecule has 158 valence electrons. The van der Waals surface area contributed by atoms with Crippen molar-refractivity contribution in [3.63, 3.8) is 0 Å². The van der Waals surface area contributed by atoms with E-state index >= 15 is 0 Å². The number of aliphatic hydroxyl groups excluding tert-OH is 1. The number of halogens is 1. The fourth-order valence-corrected chi connectivity index (χ4v) is 3.18. The maximum atomic E-state index is 13.2. The van der Waals surface area contributed by atoms with E-state index in [2.05, 4.69) is 20.1 Å². The average molecular weight is 406 g/mol. The van der Waals surface area contributed by atoms with Gasteiger partial charge in [-0.05, 0) is 25.1 Å². The Balaban J connectivity index is 1.44. The molecule has 0 radical (unpaired) electrons. The molecule has 1 fully saturated rings. The van der Waals surface area contributed by atoms with Crippen molar-refractivity contribution in [3.8, 4) is 0 Å². The lowest BCUT2D eigenvalue weighted by atomic mass is 10.2. The van der Waals surface area contributed by atoms with Gasteiger partial charge in [-0.2, -0.15) is 0 Å². The zero-order valence-corrected chi connectivity index (χ0v) is 16.5. The molecule has 9 heteroatoms. The van der Waals surface area contributed by atoms with Crippen molar-refractivity contribution in [3.05, 3.63) is 47.9 Å². The highest BCUT2D eigenvalue weighted by Crippen LogP contribution is 2.13. The van der Waals surface area contributed by atoms with Crippen molar-refractivity contribution in [2.75, 3.05) is 51.3 Å². The van der Waals surface area contributed by atoms with Crippen molar-refractivity contribution in [1.29, 1.82) is 0 Å². The van der Waals surface area contributed by atoms with Crippen LogP contribution in [0.15, 0.2) is 34.9 Å². The van der Waals surface area contributed by atoms with E-state index in [1.54, 1.807) is 6.07 Å². The quantitative estimate of drug-likeness (QED) is 0.653. The Bertz CT molecular complexity index is 792. The first-order valence-electron chi connectivity index (χ1n) is 9.75. The minimum absolute atomic E-state index is 0.155. The second kappa shape index (κ2) is 10.4. The van der Waals surface area contributed by atoms with Crippen molar-refractivity contribution >= 4 is 11.6 Å². The van der Waals surface area contributed by atoms with E-state index in [0.717, 1.165) is 26.2 Å². The minimum atomic E-state index is -0.479. The molecule has 1 saturated heterocycles. The standard InChI is InChI=1S/C20H27FN4O4/c1-2-28-13-17(26)11-24-6-8-25(9-7-24)12-19-23-18(14-29-19)20(27)22-16-5-3-4-15(21)10-16/h3-5,10,14,17,26H,2,6-9,11-13H2,1H3,(H,22,27)/t17-/m0/s1. The van der Waals surface area contributed by atoms with Crippen LogP contribution in [-0.4, -0.2) is 77.8 Å². The zero-order valence-electron chi connectivity index (χ0n) is 16.5. The Morgan fingerprint density at radius 2 is 2.10 bits per heavy atom. The van der Waals surface area contributed by atoms with Crippen molar-refractivity contribution in [1.82, 2.24) is 14.8 Å². The number of hydrogen-bond acceptors (Lipinski definition) is 7. The molecule has 2 heterocycles. The van der Waals surface area contributed by atoms with Gasteiger partial charge in [0.2, 0.25) is 5.89 Å². The molecule has 0 aliphatic carbocycles. The number of carbonyl (C=O) groups excluding carboxylic acids is 1. The largest absolute Gasteiger partial charge is 0.447 e. The zero-order chi connectivity index (χ0) is 20.6. The molecule has 0 spiro atoms. The number of piperazine rings is 1. The lowest BCUT2D eigenvalue weighted by Gasteiger charge is -2.34. The number of carbonyl (C=O) groups is 1. The van der Waals surface area contributed by atoms with Crippen LogP contribution in [0.3, 0.4) is 0 Å². The summed E-state index contributed by atoms with van der Waals surface area (Å²) in [6.07, 6.45) is 0.831. The molecule has 1 amide bonds. The number of rotatable bonds is 9. The molecule has 1 aromatic heterocycles. The van der Waals surface area contributed by atoms with Crippen LogP contribution < -0.4 is 5.32 Å². The number of hydrogen-bond donors (Lipinski definition) is 2. The maximum Gasteiger partial charge on any atom is 0.277 e. The summed E-state index contributed by atoms with van der Waals surface area (Å²) in [5.41, 5.74) is 0.518. The lowest BCUT2D eigenvalue weighted by molar-refractivity contribution is 0.00949. The molecule has 1 aliphatic heterocycles. The molecular formula is C20H27FN4O4. The first-order valence-corrected chi connectivity index (χ1v) is 9.75. The summed E-state index contributed by atoms with van der Waals surface area (Å²) in [6.45, 7) is 7.25. The molecule has 0 saturated carbocycles. The highest BCUT2D eigenvalue weighted by molar-refractivity contribution is 6.02. The molecule has 0 bridgehead atoms.